The van der Waals surface area contributed by atoms with Crippen LogP contribution in [0.25, 0.3) is 0 Å². The van der Waals surface area contributed by atoms with E-state index in [0.717, 1.165) is 0 Å². The van der Waals surface area contributed by atoms with E-state index in [4.69, 9.17) is 9.47 Å². The smallest absolute Gasteiger partial charge is 0.338 e. The van der Waals surface area contributed by atoms with Gasteiger partial charge in [-0.3, -0.25) is 4.79 Å². The average molecular weight is 350 g/mol. The summed E-state index contributed by atoms with van der Waals surface area (Å²) in [7, 11) is 0. The third kappa shape index (κ3) is 4.54. The van der Waals surface area contributed by atoms with Gasteiger partial charge in [-0.1, -0.05) is 43.5 Å². The Morgan fingerprint density at radius 3 is 1.96 bits per heavy atom. The molecule has 0 bridgehead atoms. The fourth-order valence-electron chi connectivity index (χ4n) is 1.96. The van der Waals surface area contributed by atoms with Crippen LogP contribution in [0.4, 0.5) is 0 Å². The molecule has 0 radical (unpaired) electrons. The Hall–Kier alpha value is -3.47. The van der Waals surface area contributed by atoms with Crippen molar-refractivity contribution in [3.05, 3.63) is 84.0 Å². The fraction of sp³-hybridized carbons (Fsp3) is 0.0952. The Balaban J connectivity index is 2.44. The van der Waals surface area contributed by atoms with Crippen LogP contribution < -0.4 is 9.47 Å². The van der Waals surface area contributed by atoms with Gasteiger partial charge in [0.1, 0.15) is 11.5 Å². The summed E-state index contributed by atoms with van der Waals surface area (Å²) >= 11 is 0. The van der Waals surface area contributed by atoms with Crippen LogP contribution >= 0.6 is 0 Å². The predicted octanol–water partition coefficient (Wildman–Crippen LogP) is 3.88. The monoisotopic (exact) mass is 350 g/mol. The molecule has 2 aromatic rings. The van der Waals surface area contributed by atoms with E-state index in [9.17, 15) is 14.4 Å². The summed E-state index contributed by atoms with van der Waals surface area (Å²) in [4.78, 5) is 36.3. The first-order chi connectivity index (χ1) is 12.3. The molecule has 26 heavy (non-hydrogen) atoms. The lowest BCUT2D eigenvalue weighted by Gasteiger charge is -2.12. The maximum Gasteiger partial charge on any atom is 0.338 e. The van der Waals surface area contributed by atoms with Gasteiger partial charge < -0.3 is 9.47 Å². The maximum atomic E-state index is 12.7. The predicted molar refractivity (Wildman–Crippen MR) is 97.2 cm³/mol. The molecular formula is C21H18O5. The van der Waals surface area contributed by atoms with Crippen LogP contribution in [0.5, 0.6) is 11.5 Å². The third-order valence-electron chi connectivity index (χ3n) is 3.34. The first-order valence-electron chi connectivity index (χ1n) is 7.78. The van der Waals surface area contributed by atoms with Gasteiger partial charge in [-0.25, -0.2) is 9.59 Å². The highest BCUT2D eigenvalue weighted by atomic mass is 16.5. The lowest BCUT2D eigenvalue weighted by Crippen LogP contribution is -2.13. The SMILES string of the molecule is C=C(C)C(=O)Oc1ccc(C(=O)c2ccccc2)c(OC(=O)C(=C)C)c1. The van der Waals surface area contributed by atoms with Gasteiger partial charge in [-0.05, 0) is 26.0 Å². The van der Waals surface area contributed by atoms with Crippen molar-refractivity contribution in [1.82, 2.24) is 0 Å². The molecule has 0 fully saturated rings. The number of hydrogen-bond acceptors (Lipinski definition) is 5. The van der Waals surface area contributed by atoms with Crippen molar-refractivity contribution in [2.75, 3.05) is 0 Å². The van der Waals surface area contributed by atoms with Crippen molar-refractivity contribution in [3.8, 4) is 11.5 Å². The van der Waals surface area contributed by atoms with Gasteiger partial charge in [-0.15, -0.1) is 0 Å². The Kier molecular flexibility index (Phi) is 5.86. The van der Waals surface area contributed by atoms with Crippen molar-refractivity contribution in [3.63, 3.8) is 0 Å². The van der Waals surface area contributed by atoms with Crippen LogP contribution in [0.1, 0.15) is 29.8 Å². The number of benzene rings is 2. The van der Waals surface area contributed by atoms with Crippen LogP contribution in [0, 0.1) is 0 Å². The molecule has 0 heterocycles. The van der Waals surface area contributed by atoms with Gasteiger partial charge in [0.2, 0.25) is 0 Å². The molecule has 0 saturated carbocycles. The Bertz CT molecular complexity index is 894. The van der Waals surface area contributed by atoms with E-state index >= 15 is 0 Å². The second kappa shape index (κ2) is 8.07. The summed E-state index contributed by atoms with van der Waals surface area (Å²) in [5, 5.41) is 0. The molecule has 0 saturated heterocycles. The zero-order chi connectivity index (χ0) is 19.3. The molecule has 0 aromatic heterocycles. The highest BCUT2D eigenvalue weighted by molar-refractivity contribution is 6.11. The summed E-state index contributed by atoms with van der Waals surface area (Å²) in [6.07, 6.45) is 0. The summed E-state index contributed by atoms with van der Waals surface area (Å²) in [6, 6.07) is 12.8. The molecule has 5 nitrogen and oxygen atoms in total. The highest BCUT2D eigenvalue weighted by Crippen LogP contribution is 2.28. The second-order valence-electron chi connectivity index (χ2n) is 5.69. The molecule has 0 aliphatic heterocycles. The molecule has 0 aliphatic rings. The molecule has 2 aromatic carbocycles. The minimum atomic E-state index is -0.685. The van der Waals surface area contributed by atoms with Gasteiger partial charge in [0, 0.05) is 22.8 Å². The summed E-state index contributed by atoms with van der Waals surface area (Å²) < 4.78 is 10.4. The van der Waals surface area contributed by atoms with E-state index in [0.29, 0.717) is 5.56 Å². The topological polar surface area (TPSA) is 69.7 Å². The molecule has 0 unspecified atom stereocenters. The molecule has 0 amide bonds. The zero-order valence-corrected chi connectivity index (χ0v) is 14.6. The summed E-state index contributed by atoms with van der Waals surface area (Å²) in [6.45, 7) is 10.0. The number of carbonyl (C=O) groups is 3. The Morgan fingerprint density at radius 1 is 0.808 bits per heavy atom. The summed E-state index contributed by atoms with van der Waals surface area (Å²) in [5.74, 6) is -1.52. The van der Waals surface area contributed by atoms with Gasteiger partial charge in [-0.2, -0.15) is 0 Å². The summed E-state index contributed by atoms with van der Waals surface area (Å²) in [5.41, 5.74) is 0.995. The largest absolute Gasteiger partial charge is 0.423 e. The van der Waals surface area contributed by atoms with E-state index in [1.807, 2.05) is 0 Å². The molecule has 2 rings (SSSR count). The van der Waals surface area contributed by atoms with Gasteiger partial charge >= 0.3 is 11.9 Å². The van der Waals surface area contributed by atoms with Gasteiger partial charge in [0.25, 0.3) is 0 Å². The van der Waals surface area contributed by atoms with Gasteiger partial charge in [0.15, 0.2) is 5.78 Å². The number of carbonyl (C=O) groups excluding carboxylic acids is 3. The van der Waals surface area contributed by atoms with Crippen molar-refractivity contribution in [2.45, 2.75) is 13.8 Å². The van der Waals surface area contributed by atoms with E-state index in [1.165, 1.54) is 32.0 Å². The van der Waals surface area contributed by atoms with Crippen LogP contribution in [-0.4, -0.2) is 17.7 Å². The highest BCUT2D eigenvalue weighted by Gasteiger charge is 2.19. The van der Waals surface area contributed by atoms with E-state index in [2.05, 4.69) is 13.2 Å². The van der Waals surface area contributed by atoms with Crippen molar-refractivity contribution < 1.29 is 23.9 Å². The average Bonchev–Trinajstić information content (AvgIpc) is 2.62. The second-order valence-corrected chi connectivity index (χ2v) is 5.69. The number of hydrogen-bond donors (Lipinski definition) is 0. The standard InChI is InChI=1S/C21H18O5/c1-13(2)20(23)25-16-10-11-17(18(12-16)26-21(24)14(3)4)19(22)15-8-6-5-7-9-15/h5-12H,1,3H2,2,4H3. The molecule has 132 valence electrons. The quantitative estimate of drug-likeness (QED) is 0.342. The van der Waals surface area contributed by atoms with Crippen molar-refractivity contribution >= 4 is 17.7 Å². The number of ketones is 1. The van der Waals surface area contributed by atoms with Crippen LogP contribution in [0.15, 0.2) is 72.8 Å². The van der Waals surface area contributed by atoms with Gasteiger partial charge in [0.05, 0.1) is 5.56 Å². The first-order valence-corrected chi connectivity index (χ1v) is 7.78. The maximum absolute atomic E-state index is 12.7. The first kappa shape index (κ1) is 18.9. The van der Waals surface area contributed by atoms with Crippen molar-refractivity contribution in [2.24, 2.45) is 0 Å². The van der Waals surface area contributed by atoms with E-state index in [-0.39, 0.29) is 34.0 Å². The van der Waals surface area contributed by atoms with Crippen molar-refractivity contribution in [1.29, 1.82) is 0 Å². The lowest BCUT2D eigenvalue weighted by molar-refractivity contribution is -0.130. The molecular weight excluding hydrogens is 332 g/mol. The van der Waals surface area contributed by atoms with E-state index < -0.39 is 11.9 Å². The van der Waals surface area contributed by atoms with Crippen LogP contribution in [0.2, 0.25) is 0 Å². The normalized spacial score (nSPS) is 9.92. The van der Waals surface area contributed by atoms with E-state index in [1.54, 1.807) is 30.3 Å². The molecule has 5 heteroatoms. The van der Waals surface area contributed by atoms with Crippen LogP contribution in [-0.2, 0) is 9.59 Å². The molecule has 0 spiro atoms. The number of esters is 2. The molecule has 0 N–H and O–H groups in total. The minimum absolute atomic E-state index is 0.0149. The fourth-order valence-corrected chi connectivity index (χ4v) is 1.96. The Labute approximate surface area is 151 Å². The number of rotatable bonds is 6. The third-order valence-corrected chi connectivity index (χ3v) is 3.34. The molecule has 0 aliphatic carbocycles. The molecule has 0 atom stereocenters. The minimum Gasteiger partial charge on any atom is -0.423 e. The Morgan fingerprint density at radius 2 is 1.38 bits per heavy atom. The zero-order valence-electron chi connectivity index (χ0n) is 14.6. The van der Waals surface area contributed by atoms with Crippen LogP contribution in [0.3, 0.4) is 0 Å². The lowest BCUT2D eigenvalue weighted by atomic mass is 10.0. The number of ether oxygens (including phenoxy) is 2.